The molecule has 0 saturated carbocycles. The molecule has 0 aliphatic rings. The molecule has 1 N–H and O–H groups in total. The second kappa shape index (κ2) is 6.19. The quantitative estimate of drug-likeness (QED) is 0.907. The number of anilines is 2. The van der Waals surface area contributed by atoms with Crippen LogP contribution < -0.4 is 10.2 Å². The van der Waals surface area contributed by atoms with Crippen LogP contribution in [0.25, 0.3) is 0 Å². The third kappa shape index (κ3) is 3.31. The van der Waals surface area contributed by atoms with Crippen molar-refractivity contribution in [3.8, 4) is 0 Å². The molecule has 1 rings (SSSR count). The van der Waals surface area contributed by atoms with Crippen molar-refractivity contribution in [2.75, 3.05) is 23.8 Å². The van der Waals surface area contributed by atoms with Crippen LogP contribution in [0.3, 0.4) is 0 Å². The van der Waals surface area contributed by atoms with Crippen molar-refractivity contribution in [1.82, 2.24) is 9.97 Å². The molecule has 4 nitrogen and oxygen atoms in total. The molecule has 0 fully saturated rings. The summed E-state index contributed by atoms with van der Waals surface area (Å²) in [4.78, 5) is 10.7. The summed E-state index contributed by atoms with van der Waals surface area (Å²) in [5.74, 6) is 2.35. The molecule has 1 aromatic heterocycles. The predicted molar refractivity (Wildman–Crippen MR) is 76.6 cm³/mol. The van der Waals surface area contributed by atoms with Crippen molar-refractivity contribution >= 4 is 27.6 Å². The molecule has 1 unspecified atom stereocenters. The van der Waals surface area contributed by atoms with Gasteiger partial charge in [0.05, 0.1) is 0 Å². The second-order valence-corrected chi connectivity index (χ2v) is 5.28. The fraction of sp³-hybridized carbons (Fsp3) is 0.667. The minimum atomic E-state index is 0.427. The summed E-state index contributed by atoms with van der Waals surface area (Å²) in [7, 11) is 2.06. The molecule has 0 aliphatic carbocycles. The van der Waals surface area contributed by atoms with E-state index in [0.29, 0.717) is 12.0 Å². The first kappa shape index (κ1) is 14.2. The average Bonchev–Trinajstić information content (AvgIpc) is 2.30. The fourth-order valence-corrected chi connectivity index (χ4v) is 2.16. The molecular formula is C12H21BrN4. The topological polar surface area (TPSA) is 41.1 Å². The molecule has 0 aliphatic heterocycles. The predicted octanol–water partition coefficient (Wildman–Crippen LogP) is 3.15. The van der Waals surface area contributed by atoms with E-state index in [9.17, 15) is 0 Å². The first-order valence-corrected chi connectivity index (χ1v) is 6.75. The summed E-state index contributed by atoms with van der Waals surface area (Å²) >= 11 is 3.57. The van der Waals surface area contributed by atoms with Gasteiger partial charge in [0.15, 0.2) is 0 Å². The van der Waals surface area contributed by atoms with Crippen LogP contribution in [-0.4, -0.2) is 29.6 Å². The number of rotatable bonds is 5. The largest absolute Gasteiger partial charge is 0.369 e. The van der Waals surface area contributed by atoms with Crippen LogP contribution >= 0.6 is 15.9 Å². The summed E-state index contributed by atoms with van der Waals surface area (Å²) in [6, 6.07) is 0.427. The standard InChI is InChI=1S/C12H21BrN4/c1-6-14-11-10(13)12(16-7-15-11)17(5)9(4)8(2)3/h7-9H,6H2,1-5H3,(H,14,15,16). The molecule has 0 spiro atoms. The molecule has 0 radical (unpaired) electrons. The van der Waals surface area contributed by atoms with Gasteiger partial charge < -0.3 is 10.2 Å². The van der Waals surface area contributed by atoms with E-state index < -0.39 is 0 Å². The maximum absolute atomic E-state index is 4.35. The van der Waals surface area contributed by atoms with Gasteiger partial charge in [-0.15, -0.1) is 0 Å². The Morgan fingerprint density at radius 3 is 2.53 bits per heavy atom. The summed E-state index contributed by atoms with van der Waals surface area (Å²) in [6.07, 6.45) is 1.60. The van der Waals surface area contributed by atoms with Crippen molar-refractivity contribution in [1.29, 1.82) is 0 Å². The van der Waals surface area contributed by atoms with E-state index in [1.54, 1.807) is 6.33 Å². The molecule has 0 bridgehead atoms. The van der Waals surface area contributed by atoms with Gasteiger partial charge in [-0.25, -0.2) is 9.97 Å². The maximum atomic E-state index is 4.35. The van der Waals surface area contributed by atoms with Crippen LogP contribution in [0, 0.1) is 5.92 Å². The number of hydrogen-bond donors (Lipinski definition) is 1. The van der Waals surface area contributed by atoms with E-state index >= 15 is 0 Å². The Kier molecular flexibility index (Phi) is 5.18. The highest BCUT2D eigenvalue weighted by atomic mass is 79.9. The van der Waals surface area contributed by atoms with Crippen molar-refractivity contribution in [3.63, 3.8) is 0 Å². The molecule has 96 valence electrons. The molecule has 0 saturated heterocycles. The summed E-state index contributed by atoms with van der Waals surface area (Å²) in [5.41, 5.74) is 0. The summed E-state index contributed by atoms with van der Waals surface area (Å²) < 4.78 is 0.928. The summed E-state index contributed by atoms with van der Waals surface area (Å²) in [5, 5.41) is 3.21. The second-order valence-electron chi connectivity index (χ2n) is 4.49. The van der Waals surface area contributed by atoms with Gasteiger partial charge in [-0.1, -0.05) is 13.8 Å². The van der Waals surface area contributed by atoms with Gasteiger partial charge in [-0.2, -0.15) is 0 Å². The zero-order chi connectivity index (χ0) is 13.0. The number of aromatic nitrogens is 2. The number of halogens is 1. The highest BCUT2D eigenvalue weighted by molar-refractivity contribution is 9.10. The van der Waals surface area contributed by atoms with E-state index in [2.05, 4.69) is 70.9 Å². The van der Waals surface area contributed by atoms with Gasteiger partial charge >= 0.3 is 0 Å². The Bertz CT molecular complexity index is 368. The number of nitrogens with zero attached hydrogens (tertiary/aromatic N) is 3. The first-order chi connectivity index (χ1) is 7.99. The molecule has 17 heavy (non-hydrogen) atoms. The zero-order valence-electron chi connectivity index (χ0n) is 11.2. The van der Waals surface area contributed by atoms with Crippen molar-refractivity contribution in [2.45, 2.75) is 33.7 Å². The van der Waals surface area contributed by atoms with Crippen molar-refractivity contribution in [3.05, 3.63) is 10.8 Å². The Balaban J connectivity index is 3.01. The third-order valence-electron chi connectivity index (χ3n) is 3.03. The van der Waals surface area contributed by atoms with Crippen LogP contribution in [0.4, 0.5) is 11.6 Å². The Morgan fingerprint density at radius 1 is 1.35 bits per heavy atom. The normalized spacial score (nSPS) is 12.6. The molecule has 0 aromatic carbocycles. The lowest BCUT2D eigenvalue weighted by atomic mass is 10.1. The SMILES string of the molecule is CCNc1ncnc(N(C)C(C)C(C)C)c1Br. The van der Waals surface area contributed by atoms with E-state index in [4.69, 9.17) is 0 Å². The van der Waals surface area contributed by atoms with Gasteiger partial charge in [0.1, 0.15) is 22.4 Å². The van der Waals surface area contributed by atoms with Gasteiger partial charge in [-0.05, 0) is 35.7 Å². The Hall–Kier alpha value is -0.840. The van der Waals surface area contributed by atoms with Crippen LogP contribution in [0.15, 0.2) is 10.8 Å². The van der Waals surface area contributed by atoms with E-state index in [1.807, 2.05) is 0 Å². The smallest absolute Gasteiger partial charge is 0.148 e. The van der Waals surface area contributed by atoms with Crippen LogP contribution in [0.5, 0.6) is 0 Å². The maximum Gasteiger partial charge on any atom is 0.148 e. The highest BCUT2D eigenvalue weighted by Crippen LogP contribution is 2.30. The van der Waals surface area contributed by atoms with E-state index in [1.165, 1.54) is 0 Å². The van der Waals surface area contributed by atoms with Gasteiger partial charge in [-0.3, -0.25) is 0 Å². The van der Waals surface area contributed by atoms with Gasteiger partial charge in [0.25, 0.3) is 0 Å². The zero-order valence-corrected chi connectivity index (χ0v) is 12.7. The highest BCUT2D eigenvalue weighted by Gasteiger charge is 2.18. The van der Waals surface area contributed by atoms with E-state index in [-0.39, 0.29) is 0 Å². The molecule has 5 heteroatoms. The lowest BCUT2D eigenvalue weighted by Crippen LogP contribution is -2.34. The minimum absolute atomic E-state index is 0.427. The van der Waals surface area contributed by atoms with Gasteiger partial charge in [0.2, 0.25) is 0 Å². The fourth-order valence-electron chi connectivity index (χ4n) is 1.54. The molecule has 1 heterocycles. The molecular weight excluding hydrogens is 280 g/mol. The average molecular weight is 301 g/mol. The third-order valence-corrected chi connectivity index (χ3v) is 3.76. The number of nitrogens with one attached hydrogen (secondary N) is 1. The molecule has 1 atom stereocenters. The first-order valence-electron chi connectivity index (χ1n) is 5.96. The van der Waals surface area contributed by atoms with Crippen LogP contribution in [-0.2, 0) is 0 Å². The minimum Gasteiger partial charge on any atom is -0.369 e. The van der Waals surface area contributed by atoms with Crippen LogP contribution in [0.2, 0.25) is 0 Å². The Morgan fingerprint density at radius 2 is 2.00 bits per heavy atom. The van der Waals surface area contributed by atoms with Crippen LogP contribution in [0.1, 0.15) is 27.7 Å². The molecule has 0 amide bonds. The monoisotopic (exact) mass is 300 g/mol. The lowest BCUT2D eigenvalue weighted by molar-refractivity contribution is 0.502. The summed E-state index contributed by atoms with van der Waals surface area (Å²) in [6.45, 7) is 9.52. The van der Waals surface area contributed by atoms with Crippen molar-refractivity contribution in [2.24, 2.45) is 5.92 Å². The molecule has 1 aromatic rings. The number of hydrogen-bond acceptors (Lipinski definition) is 4. The lowest BCUT2D eigenvalue weighted by Gasteiger charge is -2.29. The Labute approximate surface area is 112 Å². The van der Waals surface area contributed by atoms with Gasteiger partial charge in [0, 0.05) is 19.6 Å². The van der Waals surface area contributed by atoms with E-state index in [0.717, 1.165) is 22.7 Å². The van der Waals surface area contributed by atoms with Crippen molar-refractivity contribution < 1.29 is 0 Å².